The van der Waals surface area contributed by atoms with Crippen LogP contribution >= 0.6 is 0 Å². The molecule has 0 aliphatic rings. The number of ether oxygens (including phenoxy) is 2. The van der Waals surface area contributed by atoms with Crippen LogP contribution < -0.4 is 10.1 Å². The summed E-state index contributed by atoms with van der Waals surface area (Å²) in [6.07, 6.45) is 1.48. The van der Waals surface area contributed by atoms with Crippen molar-refractivity contribution in [3.8, 4) is 5.75 Å². The topological polar surface area (TPSA) is 81.7 Å². The van der Waals surface area contributed by atoms with Gasteiger partial charge in [-0.1, -0.05) is 12.1 Å². The number of hydrogen-bond donors (Lipinski definition) is 1. The van der Waals surface area contributed by atoms with Crippen LogP contribution in [0.2, 0.25) is 0 Å². The van der Waals surface area contributed by atoms with Crippen LogP contribution in [0.4, 0.5) is 14.5 Å². The first-order valence-corrected chi connectivity index (χ1v) is 8.60. The number of hydrogen-bond acceptors (Lipinski definition) is 5. The molecule has 2 aromatic carbocycles. The van der Waals surface area contributed by atoms with E-state index in [0.717, 1.165) is 6.08 Å². The van der Waals surface area contributed by atoms with Crippen molar-refractivity contribution < 1.29 is 32.6 Å². The molecule has 2 rings (SSSR count). The molecule has 0 bridgehead atoms. The van der Waals surface area contributed by atoms with Gasteiger partial charge in [0.15, 0.2) is 11.9 Å². The lowest BCUT2D eigenvalue weighted by molar-refractivity contribution is -0.148. The molecule has 1 N–H and O–H groups in total. The van der Waals surface area contributed by atoms with Gasteiger partial charge < -0.3 is 14.8 Å². The van der Waals surface area contributed by atoms with E-state index in [1.807, 2.05) is 0 Å². The molecule has 8 heteroatoms. The Hall–Kier alpha value is -3.55. The molecule has 6 nitrogen and oxygen atoms in total. The highest BCUT2D eigenvalue weighted by atomic mass is 19.3. The van der Waals surface area contributed by atoms with Gasteiger partial charge in [-0.15, -0.1) is 0 Å². The van der Waals surface area contributed by atoms with E-state index >= 15 is 0 Å². The summed E-state index contributed by atoms with van der Waals surface area (Å²) in [5, 5.41) is 2.58. The summed E-state index contributed by atoms with van der Waals surface area (Å²) < 4.78 is 33.5. The van der Waals surface area contributed by atoms with Gasteiger partial charge in [0.2, 0.25) is 0 Å². The lowest BCUT2D eigenvalue weighted by Gasteiger charge is -2.12. The summed E-state index contributed by atoms with van der Waals surface area (Å²) in [6.45, 7) is -0.0542. The van der Waals surface area contributed by atoms with Crippen molar-refractivity contribution >= 4 is 29.4 Å². The molecular formula is C21H19F2NO5. The number of Topliss-reactive ketones (excluding diaryl/α,β-unsaturated/α-hetero) is 1. The van der Waals surface area contributed by atoms with E-state index in [1.165, 1.54) is 44.2 Å². The zero-order valence-corrected chi connectivity index (χ0v) is 15.7. The highest BCUT2D eigenvalue weighted by Crippen LogP contribution is 2.16. The number of ketones is 1. The first-order chi connectivity index (χ1) is 13.7. The minimum absolute atomic E-state index is 0.00125. The fourth-order valence-corrected chi connectivity index (χ4v) is 2.22. The summed E-state index contributed by atoms with van der Waals surface area (Å²) in [5.41, 5.74) is 1.54. The number of carbonyl (C=O) groups excluding carboxylic acids is 3. The number of esters is 1. The maximum absolute atomic E-state index is 12.1. The molecule has 0 saturated heterocycles. The number of nitrogens with one attached hydrogen (secondary N) is 1. The highest BCUT2D eigenvalue weighted by Gasteiger charge is 2.16. The third-order valence-electron chi connectivity index (χ3n) is 3.74. The van der Waals surface area contributed by atoms with Gasteiger partial charge in [-0.2, -0.15) is 8.78 Å². The van der Waals surface area contributed by atoms with Crippen molar-refractivity contribution in [1.82, 2.24) is 0 Å². The first kappa shape index (κ1) is 21.7. The Morgan fingerprint density at radius 2 is 1.62 bits per heavy atom. The quantitative estimate of drug-likeness (QED) is 0.408. The van der Waals surface area contributed by atoms with Gasteiger partial charge in [-0.05, 0) is 61.9 Å². The maximum Gasteiger partial charge on any atom is 0.387 e. The molecule has 1 atom stereocenters. The normalized spacial score (nSPS) is 11.9. The second-order valence-electron chi connectivity index (χ2n) is 5.98. The van der Waals surface area contributed by atoms with Gasteiger partial charge in [0.25, 0.3) is 5.91 Å². The Labute approximate surface area is 166 Å². The van der Waals surface area contributed by atoms with Crippen LogP contribution in [-0.4, -0.2) is 30.4 Å². The third-order valence-corrected chi connectivity index (χ3v) is 3.74. The third kappa shape index (κ3) is 7.17. The molecule has 0 aromatic heterocycles. The monoisotopic (exact) mass is 403 g/mol. The molecule has 0 aliphatic heterocycles. The molecular weight excluding hydrogens is 384 g/mol. The van der Waals surface area contributed by atoms with E-state index in [9.17, 15) is 23.2 Å². The van der Waals surface area contributed by atoms with Gasteiger partial charge in [-0.3, -0.25) is 9.59 Å². The second kappa shape index (κ2) is 10.1. The van der Waals surface area contributed by atoms with Crippen molar-refractivity contribution in [3.05, 3.63) is 65.7 Å². The molecule has 0 heterocycles. The van der Waals surface area contributed by atoms with Crippen molar-refractivity contribution in [2.45, 2.75) is 26.6 Å². The van der Waals surface area contributed by atoms with Crippen molar-refractivity contribution in [2.75, 3.05) is 5.32 Å². The van der Waals surface area contributed by atoms with Gasteiger partial charge in [0, 0.05) is 17.3 Å². The second-order valence-corrected chi connectivity index (χ2v) is 5.98. The Balaban J connectivity index is 1.86. The van der Waals surface area contributed by atoms with Gasteiger partial charge in [0.05, 0.1) is 0 Å². The van der Waals surface area contributed by atoms with Gasteiger partial charge in [-0.25, -0.2) is 4.79 Å². The van der Waals surface area contributed by atoms with Crippen LogP contribution in [-0.2, 0) is 14.3 Å². The molecule has 0 unspecified atom stereocenters. The summed E-state index contributed by atoms with van der Waals surface area (Å²) in [5.74, 6) is -1.36. The van der Waals surface area contributed by atoms with Crippen molar-refractivity contribution in [2.24, 2.45) is 0 Å². The first-order valence-electron chi connectivity index (χ1n) is 8.60. The van der Waals surface area contributed by atoms with E-state index in [2.05, 4.69) is 10.1 Å². The fourth-order valence-electron chi connectivity index (χ4n) is 2.22. The van der Waals surface area contributed by atoms with E-state index in [0.29, 0.717) is 16.8 Å². The van der Waals surface area contributed by atoms with Crippen LogP contribution in [0, 0.1) is 0 Å². The maximum atomic E-state index is 12.1. The zero-order chi connectivity index (χ0) is 21.4. The van der Waals surface area contributed by atoms with Crippen molar-refractivity contribution in [1.29, 1.82) is 0 Å². The predicted molar refractivity (Wildman–Crippen MR) is 103 cm³/mol. The summed E-state index contributed by atoms with van der Waals surface area (Å²) in [7, 11) is 0. The lowest BCUT2D eigenvalue weighted by atomic mass is 10.1. The molecule has 29 heavy (non-hydrogen) atoms. The summed E-state index contributed by atoms with van der Waals surface area (Å²) in [4.78, 5) is 35.2. The van der Waals surface area contributed by atoms with E-state index in [4.69, 9.17) is 4.74 Å². The average Bonchev–Trinajstić information content (AvgIpc) is 2.67. The highest BCUT2D eigenvalue weighted by molar-refractivity contribution is 5.98. The Morgan fingerprint density at radius 3 is 2.17 bits per heavy atom. The fraction of sp³-hybridized carbons (Fsp3) is 0.190. The van der Waals surface area contributed by atoms with Crippen molar-refractivity contribution in [3.63, 3.8) is 0 Å². The standard InChI is InChI=1S/C21H19F2NO5/c1-13(25)16-6-8-17(9-7-16)24-20(27)14(2)28-19(26)12-5-15-3-10-18(11-4-15)29-21(22)23/h3-12,14,21H,1-2H3,(H,24,27)/b12-5+/t14-/m1/s1. The number of benzene rings is 2. The number of halogens is 2. The number of rotatable bonds is 8. The van der Waals surface area contributed by atoms with E-state index < -0.39 is 24.6 Å². The molecule has 1 amide bonds. The molecule has 0 saturated carbocycles. The molecule has 152 valence electrons. The molecule has 0 fully saturated rings. The average molecular weight is 403 g/mol. The van der Waals surface area contributed by atoms with Gasteiger partial charge >= 0.3 is 12.6 Å². The molecule has 2 aromatic rings. The zero-order valence-electron chi connectivity index (χ0n) is 15.7. The minimum atomic E-state index is -2.91. The smallest absolute Gasteiger partial charge is 0.387 e. The SMILES string of the molecule is CC(=O)c1ccc(NC(=O)[C@@H](C)OC(=O)/C=C/c2ccc(OC(F)F)cc2)cc1. The summed E-state index contributed by atoms with van der Waals surface area (Å²) >= 11 is 0. The Morgan fingerprint density at radius 1 is 1.00 bits per heavy atom. The van der Waals surface area contributed by atoms with Crippen LogP contribution in [0.3, 0.4) is 0 Å². The van der Waals surface area contributed by atoms with Gasteiger partial charge in [0.1, 0.15) is 5.75 Å². The Kier molecular flexibility index (Phi) is 7.59. The number of alkyl halides is 2. The van der Waals surface area contributed by atoms with E-state index in [-0.39, 0.29) is 11.5 Å². The molecule has 0 aliphatic carbocycles. The number of carbonyl (C=O) groups is 3. The number of anilines is 1. The molecule has 0 spiro atoms. The van der Waals surface area contributed by atoms with Crippen LogP contribution in [0.5, 0.6) is 5.75 Å². The predicted octanol–water partition coefficient (Wildman–Crippen LogP) is 4.07. The van der Waals surface area contributed by atoms with E-state index in [1.54, 1.807) is 24.3 Å². The largest absolute Gasteiger partial charge is 0.449 e. The van der Waals surface area contributed by atoms with Crippen LogP contribution in [0.25, 0.3) is 6.08 Å². The molecule has 0 radical (unpaired) electrons. The van der Waals surface area contributed by atoms with Crippen LogP contribution in [0.15, 0.2) is 54.6 Å². The minimum Gasteiger partial charge on any atom is -0.449 e. The number of amides is 1. The lowest BCUT2D eigenvalue weighted by Crippen LogP contribution is -2.29. The summed E-state index contributed by atoms with van der Waals surface area (Å²) in [6, 6.07) is 12.0. The van der Waals surface area contributed by atoms with Crippen LogP contribution in [0.1, 0.15) is 29.8 Å². The Bertz CT molecular complexity index is 892.